The molecule has 0 saturated heterocycles. The van der Waals surface area contributed by atoms with Crippen LogP contribution in [-0.2, 0) is 0 Å². The molecule has 0 spiro atoms. The summed E-state index contributed by atoms with van der Waals surface area (Å²) in [4.78, 5) is 3.43. The van der Waals surface area contributed by atoms with Gasteiger partial charge in [-0.25, -0.2) is 4.52 Å². The van der Waals surface area contributed by atoms with Crippen molar-refractivity contribution in [3.05, 3.63) is 23.7 Å². The summed E-state index contributed by atoms with van der Waals surface area (Å²) in [5, 5.41) is 4.33. The first-order valence-electron chi connectivity index (χ1n) is 5.16. The summed E-state index contributed by atoms with van der Waals surface area (Å²) in [5.41, 5.74) is 3.71. The van der Waals surface area contributed by atoms with Gasteiger partial charge in [0.15, 0.2) is 0 Å². The largest absolute Gasteiger partial charge is 0.342 e. The lowest BCUT2D eigenvalue weighted by atomic mass is 10.0. The zero-order valence-corrected chi connectivity index (χ0v) is 9.20. The van der Waals surface area contributed by atoms with Gasteiger partial charge in [0.05, 0.1) is 11.9 Å². The van der Waals surface area contributed by atoms with E-state index in [1.807, 2.05) is 16.8 Å². The van der Waals surface area contributed by atoms with Gasteiger partial charge < -0.3 is 4.98 Å². The van der Waals surface area contributed by atoms with Gasteiger partial charge in [0.25, 0.3) is 0 Å². The molecule has 1 N–H and O–H groups in total. The van der Waals surface area contributed by atoms with Crippen LogP contribution in [0.1, 0.15) is 50.9 Å². The van der Waals surface area contributed by atoms with E-state index in [0.29, 0.717) is 11.8 Å². The van der Waals surface area contributed by atoms with E-state index in [4.69, 9.17) is 0 Å². The van der Waals surface area contributed by atoms with Crippen LogP contribution in [0.15, 0.2) is 12.3 Å². The standard InChI is InChI=1S/C11H17N3/c1-7(2)10-11(8(3)4)14-9(13-10)5-6-12-14/h5-8,13H,1-4H3. The summed E-state index contributed by atoms with van der Waals surface area (Å²) in [6.07, 6.45) is 1.84. The molecule has 2 rings (SSSR count). The smallest absolute Gasteiger partial charge is 0.133 e. The lowest BCUT2D eigenvalue weighted by Crippen LogP contribution is -2.01. The van der Waals surface area contributed by atoms with Crippen LogP contribution in [0.4, 0.5) is 0 Å². The molecule has 76 valence electrons. The fourth-order valence-corrected chi connectivity index (χ4v) is 1.90. The minimum atomic E-state index is 0.501. The van der Waals surface area contributed by atoms with Crippen LogP contribution in [0.25, 0.3) is 5.65 Å². The number of nitrogens with one attached hydrogen (secondary N) is 1. The first-order chi connectivity index (χ1) is 6.61. The molecule has 2 aromatic heterocycles. The highest BCUT2D eigenvalue weighted by Crippen LogP contribution is 2.26. The van der Waals surface area contributed by atoms with Crippen molar-refractivity contribution in [1.82, 2.24) is 14.6 Å². The number of imidazole rings is 1. The van der Waals surface area contributed by atoms with Gasteiger partial charge in [0.1, 0.15) is 5.65 Å². The topological polar surface area (TPSA) is 33.1 Å². The van der Waals surface area contributed by atoms with Crippen molar-refractivity contribution in [3.8, 4) is 0 Å². The Morgan fingerprint density at radius 1 is 1.21 bits per heavy atom. The van der Waals surface area contributed by atoms with Gasteiger partial charge in [-0.05, 0) is 11.8 Å². The molecule has 3 heteroatoms. The predicted octanol–water partition coefficient (Wildman–Crippen LogP) is 2.91. The molecule has 0 bridgehead atoms. The summed E-state index contributed by atoms with van der Waals surface area (Å²) >= 11 is 0. The van der Waals surface area contributed by atoms with E-state index in [0.717, 1.165) is 5.65 Å². The highest BCUT2D eigenvalue weighted by Gasteiger charge is 2.16. The molecule has 0 atom stereocenters. The van der Waals surface area contributed by atoms with Gasteiger partial charge in [-0.15, -0.1) is 0 Å². The summed E-state index contributed by atoms with van der Waals surface area (Å²) in [6, 6.07) is 2.01. The second-order valence-electron chi connectivity index (χ2n) is 4.36. The second-order valence-corrected chi connectivity index (χ2v) is 4.36. The van der Waals surface area contributed by atoms with Gasteiger partial charge in [-0.3, -0.25) is 0 Å². The quantitative estimate of drug-likeness (QED) is 0.777. The van der Waals surface area contributed by atoms with Gasteiger partial charge >= 0.3 is 0 Å². The molecular formula is C11H17N3. The fourth-order valence-electron chi connectivity index (χ4n) is 1.90. The Hall–Kier alpha value is -1.25. The minimum Gasteiger partial charge on any atom is -0.342 e. The fraction of sp³-hybridized carbons (Fsp3) is 0.545. The number of aromatic nitrogens is 3. The molecule has 0 fully saturated rings. The Balaban J connectivity index is 2.69. The lowest BCUT2D eigenvalue weighted by Gasteiger charge is -2.09. The molecule has 2 heterocycles. The molecule has 0 saturated carbocycles. The van der Waals surface area contributed by atoms with E-state index in [1.54, 1.807) is 0 Å². The number of nitrogens with zero attached hydrogens (tertiary/aromatic N) is 2. The highest BCUT2D eigenvalue weighted by atomic mass is 15.3. The van der Waals surface area contributed by atoms with Crippen LogP contribution in [0.2, 0.25) is 0 Å². The molecular weight excluding hydrogens is 174 g/mol. The zero-order chi connectivity index (χ0) is 10.3. The third-order valence-electron chi connectivity index (χ3n) is 2.53. The molecule has 0 aromatic carbocycles. The number of aromatic amines is 1. The summed E-state index contributed by atoms with van der Waals surface area (Å²) < 4.78 is 2.01. The van der Waals surface area contributed by atoms with Crippen LogP contribution >= 0.6 is 0 Å². The van der Waals surface area contributed by atoms with E-state index in [-0.39, 0.29) is 0 Å². The Morgan fingerprint density at radius 3 is 2.50 bits per heavy atom. The number of rotatable bonds is 2. The summed E-state index contributed by atoms with van der Waals surface area (Å²) in [5.74, 6) is 1.02. The maximum absolute atomic E-state index is 4.33. The molecule has 0 amide bonds. The van der Waals surface area contributed by atoms with Gasteiger partial charge in [-0.2, -0.15) is 5.10 Å². The predicted molar refractivity (Wildman–Crippen MR) is 57.7 cm³/mol. The second kappa shape index (κ2) is 3.15. The molecule has 3 nitrogen and oxygen atoms in total. The monoisotopic (exact) mass is 191 g/mol. The number of H-pyrrole nitrogens is 1. The summed E-state index contributed by atoms with van der Waals surface area (Å²) in [7, 11) is 0. The van der Waals surface area contributed by atoms with Crippen molar-refractivity contribution in [3.63, 3.8) is 0 Å². The van der Waals surface area contributed by atoms with Crippen LogP contribution < -0.4 is 0 Å². The maximum atomic E-state index is 4.33. The molecule has 14 heavy (non-hydrogen) atoms. The first kappa shape index (κ1) is 9.31. The lowest BCUT2D eigenvalue weighted by molar-refractivity contribution is 0.721. The van der Waals surface area contributed by atoms with Crippen LogP contribution in [0.3, 0.4) is 0 Å². The molecule has 0 aliphatic carbocycles. The highest BCUT2D eigenvalue weighted by molar-refractivity contribution is 5.43. The van der Waals surface area contributed by atoms with Crippen molar-refractivity contribution in [1.29, 1.82) is 0 Å². The molecule has 0 unspecified atom stereocenters. The summed E-state index contributed by atoms with van der Waals surface area (Å²) in [6.45, 7) is 8.82. The van der Waals surface area contributed by atoms with E-state index in [1.165, 1.54) is 11.4 Å². The van der Waals surface area contributed by atoms with Gasteiger partial charge in [0.2, 0.25) is 0 Å². The van der Waals surface area contributed by atoms with Gasteiger partial charge in [-0.1, -0.05) is 27.7 Å². The molecule has 0 aliphatic rings. The Bertz CT molecular complexity index is 434. The van der Waals surface area contributed by atoms with Gasteiger partial charge in [0, 0.05) is 11.8 Å². The number of hydrogen-bond acceptors (Lipinski definition) is 1. The van der Waals surface area contributed by atoms with Crippen LogP contribution in [0, 0.1) is 0 Å². The number of hydrogen-bond donors (Lipinski definition) is 1. The van der Waals surface area contributed by atoms with Crippen LogP contribution in [0.5, 0.6) is 0 Å². The first-order valence-corrected chi connectivity index (χ1v) is 5.16. The van der Waals surface area contributed by atoms with Crippen molar-refractivity contribution < 1.29 is 0 Å². The minimum absolute atomic E-state index is 0.501. The Morgan fingerprint density at radius 2 is 1.93 bits per heavy atom. The number of fused-ring (bicyclic) bond motifs is 1. The zero-order valence-electron chi connectivity index (χ0n) is 9.20. The normalized spacial score (nSPS) is 12.1. The van der Waals surface area contributed by atoms with Crippen molar-refractivity contribution in [2.24, 2.45) is 0 Å². The van der Waals surface area contributed by atoms with E-state index < -0.39 is 0 Å². The maximum Gasteiger partial charge on any atom is 0.133 e. The van der Waals surface area contributed by atoms with Crippen molar-refractivity contribution >= 4 is 5.65 Å². The van der Waals surface area contributed by atoms with Crippen molar-refractivity contribution in [2.75, 3.05) is 0 Å². The van der Waals surface area contributed by atoms with E-state index in [2.05, 4.69) is 37.8 Å². The average Bonchev–Trinajstić information content (AvgIpc) is 2.58. The average molecular weight is 191 g/mol. The van der Waals surface area contributed by atoms with Crippen LogP contribution in [-0.4, -0.2) is 14.6 Å². The molecule has 0 radical (unpaired) electrons. The third kappa shape index (κ3) is 1.24. The third-order valence-corrected chi connectivity index (χ3v) is 2.53. The Kier molecular flexibility index (Phi) is 2.10. The molecule has 0 aliphatic heterocycles. The molecule has 2 aromatic rings. The van der Waals surface area contributed by atoms with E-state index in [9.17, 15) is 0 Å². The SMILES string of the molecule is CC(C)c1[nH]c2ccnn2c1C(C)C. The van der Waals surface area contributed by atoms with Crippen molar-refractivity contribution in [2.45, 2.75) is 39.5 Å². The Labute approximate surface area is 84.1 Å². The van der Waals surface area contributed by atoms with E-state index >= 15 is 0 Å².